The summed E-state index contributed by atoms with van der Waals surface area (Å²) in [6.45, 7) is 9.87. The minimum atomic E-state index is -3.58. The summed E-state index contributed by atoms with van der Waals surface area (Å²) in [5.74, 6) is 0. The van der Waals surface area contributed by atoms with Gasteiger partial charge in [-0.2, -0.15) is 9.40 Å². The Morgan fingerprint density at radius 1 is 1.17 bits per heavy atom. The Balaban J connectivity index is 2.17. The number of nitrogens with zero attached hydrogens (tertiary/aromatic N) is 4. The number of aromatic nitrogens is 2. The maximum absolute atomic E-state index is 12.9. The van der Waals surface area contributed by atoms with E-state index >= 15 is 0 Å². The standard InChI is InChI=1S/C14H25N5O3S/c1-5-15-14(20)17-7-9-18(10-8-17)23(21,22)13-11(3)16-19(6-2)12(13)4/h5-10H2,1-4H3,(H,15,20). The number of aryl methyl sites for hydroxylation is 2. The fourth-order valence-electron chi connectivity index (χ4n) is 2.89. The topological polar surface area (TPSA) is 87.5 Å². The van der Waals surface area contributed by atoms with Crippen molar-refractivity contribution in [3.05, 3.63) is 11.4 Å². The molecule has 0 unspecified atom stereocenters. The second-order valence-electron chi connectivity index (χ2n) is 5.54. The van der Waals surface area contributed by atoms with Gasteiger partial charge >= 0.3 is 6.03 Å². The van der Waals surface area contributed by atoms with Gasteiger partial charge in [-0.15, -0.1) is 0 Å². The number of sulfonamides is 1. The molecule has 1 saturated heterocycles. The summed E-state index contributed by atoms with van der Waals surface area (Å²) >= 11 is 0. The van der Waals surface area contributed by atoms with Crippen molar-refractivity contribution in [2.24, 2.45) is 0 Å². The molecule has 0 aliphatic carbocycles. The van der Waals surface area contributed by atoms with Gasteiger partial charge in [0.15, 0.2) is 0 Å². The lowest BCUT2D eigenvalue weighted by atomic mass is 10.4. The van der Waals surface area contributed by atoms with E-state index in [0.29, 0.717) is 55.6 Å². The summed E-state index contributed by atoms with van der Waals surface area (Å²) in [6.07, 6.45) is 0. The first-order valence-electron chi connectivity index (χ1n) is 7.89. The first-order chi connectivity index (χ1) is 10.8. The Kier molecular flexibility index (Phi) is 5.30. The van der Waals surface area contributed by atoms with E-state index in [1.54, 1.807) is 23.4 Å². The minimum absolute atomic E-state index is 0.143. The molecule has 2 heterocycles. The highest BCUT2D eigenvalue weighted by Crippen LogP contribution is 2.24. The van der Waals surface area contributed by atoms with Crippen LogP contribution in [0.25, 0.3) is 0 Å². The molecule has 0 spiro atoms. The van der Waals surface area contributed by atoms with Gasteiger partial charge in [0.1, 0.15) is 4.90 Å². The average Bonchev–Trinajstić information content (AvgIpc) is 2.82. The number of hydrogen-bond donors (Lipinski definition) is 1. The van der Waals surface area contributed by atoms with Crippen molar-refractivity contribution >= 4 is 16.1 Å². The number of nitrogens with one attached hydrogen (secondary N) is 1. The van der Waals surface area contributed by atoms with Gasteiger partial charge in [0.2, 0.25) is 10.0 Å². The molecule has 1 aromatic heterocycles. The zero-order chi connectivity index (χ0) is 17.2. The molecule has 0 aromatic carbocycles. The third kappa shape index (κ3) is 3.35. The van der Waals surface area contributed by atoms with Crippen LogP contribution in [0.15, 0.2) is 4.90 Å². The number of carbonyl (C=O) groups is 1. The van der Waals surface area contributed by atoms with Gasteiger partial charge in [-0.3, -0.25) is 4.68 Å². The van der Waals surface area contributed by atoms with E-state index in [9.17, 15) is 13.2 Å². The van der Waals surface area contributed by atoms with E-state index in [-0.39, 0.29) is 6.03 Å². The number of piperazine rings is 1. The summed E-state index contributed by atoms with van der Waals surface area (Å²) in [5.41, 5.74) is 1.19. The van der Waals surface area contributed by atoms with Crippen molar-refractivity contribution in [2.75, 3.05) is 32.7 Å². The van der Waals surface area contributed by atoms with Crippen LogP contribution in [0.3, 0.4) is 0 Å². The molecule has 8 nitrogen and oxygen atoms in total. The maximum atomic E-state index is 12.9. The van der Waals surface area contributed by atoms with Crippen LogP contribution in [0.1, 0.15) is 25.2 Å². The lowest BCUT2D eigenvalue weighted by Gasteiger charge is -2.33. The normalized spacial score (nSPS) is 16.6. The first-order valence-corrected chi connectivity index (χ1v) is 9.33. The van der Waals surface area contributed by atoms with E-state index in [1.165, 1.54) is 4.31 Å². The van der Waals surface area contributed by atoms with Crippen molar-refractivity contribution in [3.8, 4) is 0 Å². The monoisotopic (exact) mass is 343 g/mol. The van der Waals surface area contributed by atoms with Crippen molar-refractivity contribution in [2.45, 2.75) is 39.1 Å². The number of carbonyl (C=O) groups excluding carboxylic acids is 1. The summed E-state index contributed by atoms with van der Waals surface area (Å²) in [4.78, 5) is 13.7. The Bertz CT molecular complexity index is 675. The van der Waals surface area contributed by atoms with Gasteiger partial charge in [-0.25, -0.2) is 13.2 Å². The molecular formula is C14H25N5O3S. The molecule has 1 aliphatic rings. The maximum Gasteiger partial charge on any atom is 0.317 e. The van der Waals surface area contributed by atoms with Crippen molar-refractivity contribution < 1.29 is 13.2 Å². The predicted octanol–water partition coefficient (Wildman–Crippen LogP) is 0.556. The molecule has 9 heteroatoms. The van der Waals surface area contributed by atoms with Crippen LogP contribution in [0.4, 0.5) is 4.79 Å². The number of amides is 2. The van der Waals surface area contributed by atoms with E-state index < -0.39 is 10.0 Å². The highest BCUT2D eigenvalue weighted by Gasteiger charge is 2.33. The fourth-order valence-corrected chi connectivity index (χ4v) is 4.68. The SMILES string of the molecule is CCNC(=O)N1CCN(S(=O)(=O)c2c(C)nn(CC)c2C)CC1. The Morgan fingerprint density at radius 2 is 1.78 bits per heavy atom. The molecule has 2 amide bonds. The van der Waals surface area contributed by atoms with Gasteiger partial charge in [-0.1, -0.05) is 0 Å². The second-order valence-corrected chi connectivity index (χ2v) is 7.42. The van der Waals surface area contributed by atoms with Crippen LogP contribution < -0.4 is 5.32 Å². The zero-order valence-electron chi connectivity index (χ0n) is 14.2. The van der Waals surface area contributed by atoms with Crippen LogP contribution in [0, 0.1) is 13.8 Å². The molecule has 0 radical (unpaired) electrons. The highest BCUT2D eigenvalue weighted by atomic mass is 32.2. The fraction of sp³-hybridized carbons (Fsp3) is 0.714. The van der Waals surface area contributed by atoms with E-state index in [0.717, 1.165) is 0 Å². The zero-order valence-corrected chi connectivity index (χ0v) is 15.0. The first kappa shape index (κ1) is 17.7. The molecule has 1 aromatic rings. The quantitative estimate of drug-likeness (QED) is 0.865. The van der Waals surface area contributed by atoms with Crippen LogP contribution >= 0.6 is 0 Å². The number of rotatable bonds is 4. The second kappa shape index (κ2) is 6.88. The van der Waals surface area contributed by atoms with Crippen LogP contribution in [-0.2, 0) is 16.6 Å². The molecule has 1 fully saturated rings. The Morgan fingerprint density at radius 3 is 2.26 bits per heavy atom. The molecule has 130 valence electrons. The van der Waals surface area contributed by atoms with E-state index in [2.05, 4.69) is 10.4 Å². The molecule has 0 atom stereocenters. The average molecular weight is 343 g/mol. The van der Waals surface area contributed by atoms with Gasteiger partial charge in [0, 0.05) is 39.3 Å². The van der Waals surface area contributed by atoms with Crippen molar-refractivity contribution in [1.29, 1.82) is 0 Å². The smallest absolute Gasteiger partial charge is 0.317 e. The predicted molar refractivity (Wildman–Crippen MR) is 86.8 cm³/mol. The summed E-state index contributed by atoms with van der Waals surface area (Å²) < 4.78 is 29.0. The summed E-state index contributed by atoms with van der Waals surface area (Å²) in [5, 5.41) is 7.03. The summed E-state index contributed by atoms with van der Waals surface area (Å²) in [6, 6.07) is -0.143. The van der Waals surface area contributed by atoms with Crippen LogP contribution in [0.5, 0.6) is 0 Å². The molecule has 0 saturated carbocycles. The third-order valence-electron chi connectivity index (χ3n) is 4.07. The molecule has 1 N–H and O–H groups in total. The largest absolute Gasteiger partial charge is 0.338 e. The van der Waals surface area contributed by atoms with Crippen LogP contribution in [0.2, 0.25) is 0 Å². The Labute approximate surface area is 137 Å². The van der Waals surface area contributed by atoms with Crippen LogP contribution in [-0.4, -0.2) is 66.2 Å². The molecule has 2 rings (SSSR count). The summed E-state index contributed by atoms with van der Waals surface area (Å²) in [7, 11) is -3.58. The number of hydrogen-bond acceptors (Lipinski definition) is 4. The lowest BCUT2D eigenvalue weighted by molar-refractivity contribution is 0.173. The molecule has 1 aliphatic heterocycles. The molecule has 0 bridgehead atoms. The van der Waals surface area contributed by atoms with Gasteiger partial charge in [-0.05, 0) is 27.7 Å². The lowest BCUT2D eigenvalue weighted by Crippen LogP contribution is -2.53. The Hall–Kier alpha value is -1.61. The number of urea groups is 1. The van der Waals surface area contributed by atoms with Crippen molar-refractivity contribution in [1.82, 2.24) is 24.3 Å². The van der Waals surface area contributed by atoms with E-state index in [1.807, 2.05) is 13.8 Å². The highest BCUT2D eigenvalue weighted by molar-refractivity contribution is 7.89. The minimum Gasteiger partial charge on any atom is -0.338 e. The molecular weight excluding hydrogens is 318 g/mol. The third-order valence-corrected chi connectivity index (χ3v) is 6.22. The van der Waals surface area contributed by atoms with Gasteiger partial charge < -0.3 is 10.2 Å². The molecule has 23 heavy (non-hydrogen) atoms. The van der Waals surface area contributed by atoms with E-state index in [4.69, 9.17) is 0 Å². The van der Waals surface area contributed by atoms with Gasteiger partial charge in [0.25, 0.3) is 0 Å². The van der Waals surface area contributed by atoms with Crippen molar-refractivity contribution in [3.63, 3.8) is 0 Å². The van der Waals surface area contributed by atoms with Gasteiger partial charge in [0.05, 0.1) is 11.4 Å².